The molecule has 0 atom stereocenters. The van der Waals surface area contributed by atoms with Gasteiger partial charge in [0.05, 0.1) is 0 Å². The Hall–Kier alpha value is -1.30. The van der Waals surface area contributed by atoms with Gasteiger partial charge in [-0.15, -0.1) is 0 Å². The fourth-order valence-electron chi connectivity index (χ4n) is 1.99. The molecular weight excluding hydrogens is 216 g/mol. The normalized spacial score (nSPS) is 18.3. The monoisotopic (exact) mass is 242 g/mol. The maximum atomic E-state index is 2.36. The highest BCUT2D eigenvalue weighted by Crippen LogP contribution is 2.29. The van der Waals surface area contributed by atoms with Crippen LogP contribution in [0.1, 0.15) is 47.5 Å². The van der Waals surface area contributed by atoms with Crippen LogP contribution in [0.4, 0.5) is 0 Å². The molecule has 0 saturated heterocycles. The van der Waals surface area contributed by atoms with Gasteiger partial charge in [0.15, 0.2) is 0 Å². The van der Waals surface area contributed by atoms with Gasteiger partial charge in [-0.05, 0) is 31.4 Å². The van der Waals surface area contributed by atoms with Crippen molar-refractivity contribution in [2.75, 3.05) is 0 Å². The lowest BCUT2D eigenvalue weighted by Crippen LogP contribution is -2.02. The fraction of sp³-hybridized carbons (Fsp3) is 0.444. The van der Waals surface area contributed by atoms with Crippen LogP contribution >= 0.6 is 0 Å². The second-order valence-corrected chi connectivity index (χ2v) is 5.81. The van der Waals surface area contributed by atoms with Crippen LogP contribution in [0.25, 0.3) is 0 Å². The molecule has 0 heteroatoms. The molecule has 0 aromatic carbocycles. The molecule has 0 heterocycles. The first-order chi connectivity index (χ1) is 8.44. The van der Waals surface area contributed by atoms with E-state index in [2.05, 4.69) is 77.2 Å². The smallest absolute Gasteiger partial charge is 0.00167 e. The molecule has 0 aliphatic heterocycles. The highest BCUT2D eigenvalue weighted by Gasteiger charge is 2.14. The third-order valence-electron chi connectivity index (χ3n) is 2.86. The molecule has 0 radical (unpaired) electrons. The average molecular weight is 242 g/mol. The summed E-state index contributed by atoms with van der Waals surface area (Å²) in [6.45, 7) is 11.0. The van der Waals surface area contributed by atoms with E-state index in [4.69, 9.17) is 0 Å². The van der Waals surface area contributed by atoms with Crippen LogP contribution in [0.2, 0.25) is 0 Å². The Balaban J connectivity index is 3.10. The predicted molar refractivity (Wildman–Crippen MR) is 82.6 cm³/mol. The van der Waals surface area contributed by atoms with E-state index in [-0.39, 0.29) is 5.41 Å². The van der Waals surface area contributed by atoms with Crippen molar-refractivity contribution in [1.29, 1.82) is 0 Å². The Morgan fingerprint density at radius 2 is 1.94 bits per heavy atom. The molecule has 98 valence electrons. The van der Waals surface area contributed by atoms with E-state index in [1.807, 2.05) is 0 Å². The second kappa shape index (κ2) is 6.58. The van der Waals surface area contributed by atoms with Crippen molar-refractivity contribution in [3.8, 4) is 0 Å². The van der Waals surface area contributed by atoms with Crippen LogP contribution in [0.15, 0.2) is 59.3 Å². The van der Waals surface area contributed by atoms with Crippen molar-refractivity contribution in [1.82, 2.24) is 0 Å². The van der Waals surface area contributed by atoms with Gasteiger partial charge in [0.2, 0.25) is 0 Å². The van der Waals surface area contributed by atoms with Gasteiger partial charge in [0.1, 0.15) is 0 Å². The van der Waals surface area contributed by atoms with Crippen molar-refractivity contribution in [2.45, 2.75) is 47.5 Å². The highest BCUT2D eigenvalue weighted by atomic mass is 14.2. The molecule has 1 rings (SSSR count). The SMILES string of the molecule is CCC/C=C\C1=CC(C)(C)C=CC=C1C=C(C)C. The molecule has 1 aliphatic rings. The lowest BCUT2D eigenvalue weighted by Gasteiger charge is -2.15. The minimum Gasteiger partial charge on any atom is -0.0839 e. The topological polar surface area (TPSA) is 0 Å². The number of hydrogen-bond acceptors (Lipinski definition) is 0. The van der Waals surface area contributed by atoms with E-state index in [0.29, 0.717) is 0 Å². The van der Waals surface area contributed by atoms with Crippen LogP contribution in [-0.2, 0) is 0 Å². The number of rotatable bonds is 4. The third-order valence-corrected chi connectivity index (χ3v) is 2.86. The Labute approximate surface area is 112 Å². The molecule has 0 aromatic rings. The van der Waals surface area contributed by atoms with Gasteiger partial charge < -0.3 is 0 Å². The molecule has 18 heavy (non-hydrogen) atoms. The van der Waals surface area contributed by atoms with Gasteiger partial charge in [-0.2, -0.15) is 0 Å². The zero-order chi connectivity index (χ0) is 13.6. The first kappa shape index (κ1) is 14.8. The fourth-order valence-corrected chi connectivity index (χ4v) is 1.99. The third kappa shape index (κ3) is 4.91. The van der Waals surface area contributed by atoms with Crippen molar-refractivity contribution >= 4 is 0 Å². The molecule has 0 aromatic heterocycles. The van der Waals surface area contributed by atoms with E-state index in [1.54, 1.807) is 0 Å². The first-order valence-electron chi connectivity index (χ1n) is 6.89. The summed E-state index contributed by atoms with van der Waals surface area (Å²) in [6, 6.07) is 0. The summed E-state index contributed by atoms with van der Waals surface area (Å²) in [5.74, 6) is 0. The Morgan fingerprint density at radius 3 is 2.56 bits per heavy atom. The molecule has 0 fully saturated rings. The summed E-state index contributed by atoms with van der Waals surface area (Å²) in [4.78, 5) is 0. The van der Waals surface area contributed by atoms with Crippen LogP contribution in [0, 0.1) is 5.41 Å². The number of hydrogen-bond donors (Lipinski definition) is 0. The van der Waals surface area contributed by atoms with Crippen molar-refractivity contribution < 1.29 is 0 Å². The van der Waals surface area contributed by atoms with E-state index in [1.165, 1.54) is 23.1 Å². The predicted octanol–water partition coefficient (Wildman–Crippen LogP) is 5.76. The van der Waals surface area contributed by atoms with Gasteiger partial charge in [0.25, 0.3) is 0 Å². The minimum atomic E-state index is 0.125. The lowest BCUT2D eigenvalue weighted by atomic mass is 9.89. The van der Waals surface area contributed by atoms with E-state index < -0.39 is 0 Å². The maximum absolute atomic E-state index is 2.36. The quantitative estimate of drug-likeness (QED) is 0.588. The summed E-state index contributed by atoms with van der Waals surface area (Å²) in [5, 5.41) is 0. The summed E-state index contributed by atoms with van der Waals surface area (Å²) in [7, 11) is 0. The lowest BCUT2D eigenvalue weighted by molar-refractivity contribution is 0.624. The molecule has 0 unspecified atom stereocenters. The maximum Gasteiger partial charge on any atom is 0.00167 e. The summed E-state index contributed by atoms with van der Waals surface area (Å²) >= 11 is 0. The Bertz CT molecular complexity index is 419. The second-order valence-electron chi connectivity index (χ2n) is 5.81. The van der Waals surface area contributed by atoms with Gasteiger partial charge in [-0.3, -0.25) is 0 Å². The summed E-state index contributed by atoms with van der Waals surface area (Å²) < 4.78 is 0. The molecule has 0 amide bonds. The Morgan fingerprint density at radius 1 is 1.22 bits per heavy atom. The van der Waals surface area contributed by atoms with E-state index in [0.717, 1.165) is 6.42 Å². The summed E-state index contributed by atoms with van der Waals surface area (Å²) in [6.07, 6.45) is 18.1. The largest absolute Gasteiger partial charge is 0.0839 e. The molecule has 0 saturated carbocycles. The van der Waals surface area contributed by atoms with Crippen molar-refractivity contribution in [3.63, 3.8) is 0 Å². The van der Waals surface area contributed by atoms with Crippen molar-refractivity contribution in [2.24, 2.45) is 5.41 Å². The molecule has 0 N–H and O–H groups in total. The molecule has 0 nitrogen and oxygen atoms in total. The Kier molecular flexibility index (Phi) is 5.40. The number of allylic oxidation sites excluding steroid dienone is 10. The van der Waals surface area contributed by atoms with Gasteiger partial charge in [0, 0.05) is 5.41 Å². The molecular formula is C18H26. The van der Waals surface area contributed by atoms with Crippen LogP contribution < -0.4 is 0 Å². The standard InChI is InChI=1S/C18H26/c1-6-7-8-10-17-14-18(4,5)12-9-11-16(17)13-15(2)3/h8-14H,6-7H2,1-5H3/b10-8-. The zero-order valence-electron chi connectivity index (χ0n) is 12.5. The van der Waals surface area contributed by atoms with Crippen LogP contribution in [-0.4, -0.2) is 0 Å². The average Bonchev–Trinajstić information content (AvgIpc) is 2.38. The first-order valence-corrected chi connectivity index (χ1v) is 6.89. The van der Waals surface area contributed by atoms with Gasteiger partial charge in [-0.25, -0.2) is 0 Å². The van der Waals surface area contributed by atoms with E-state index >= 15 is 0 Å². The molecule has 0 bridgehead atoms. The van der Waals surface area contributed by atoms with Gasteiger partial charge >= 0.3 is 0 Å². The minimum absolute atomic E-state index is 0.125. The van der Waals surface area contributed by atoms with Crippen LogP contribution in [0.3, 0.4) is 0 Å². The summed E-state index contributed by atoms with van der Waals surface area (Å²) in [5.41, 5.74) is 4.10. The van der Waals surface area contributed by atoms with Crippen LogP contribution in [0.5, 0.6) is 0 Å². The van der Waals surface area contributed by atoms with Crippen molar-refractivity contribution in [3.05, 3.63) is 59.3 Å². The highest BCUT2D eigenvalue weighted by molar-refractivity contribution is 5.51. The van der Waals surface area contributed by atoms with E-state index in [9.17, 15) is 0 Å². The number of unbranched alkanes of at least 4 members (excludes halogenated alkanes) is 1. The molecule has 1 aliphatic carbocycles. The zero-order valence-corrected chi connectivity index (χ0v) is 12.5. The van der Waals surface area contributed by atoms with Gasteiger partial charge in [-0.1, -0.05) is 75.3 Å². The molecule has 0 spiro atoms.